The molecule has 0 radical (unpaired) electrons. The summed E-state index contributed by atoms with van der Waals surface area (Å²) in [6.07, 6.45) is 3.38. The quantitative estimate of drug-likeness (QED) is 0.417. The predicted molar refractivity (Wildman–Crippen MR) is 111 cm³/mol. The summed E-state index contributed by atoms with van der Waals surface area (Å²) in [6.45, 7) is 0. The van der Waals surface area contributed by atoms with Gasteiger partial charge < -0.3 is 14.2 Å². The monoisotopic (exact) mass is 374 g/mol. The highest BCUT2D eigenvalue weighted by Crippen LogP contribution is 2.33. The molecular formula is C24H22O4. The second-order valence-electron chi connectivity index (χ2n) is 6.09. The highest BCUT2D eigenvalue weighted by atomic mass is 16.5. The molecule has 3 rings (SSSR count). The number of rotatable bonds is 7. The van der Waals surface area contributed by atoms with Gasteiger partial charge in [0.05, 0.1) is 21.3 Å². The Morgan fingerprint density at radius 1 is 0.786 bits per heavy atom. The Morgan fingerprint density at radius 2 is 1.50 bits per heavy atom. The maximum Gasteiger partial charge on any atom is 0.186 e. The van der Waals surface area contributed by atoms with Crippen LogP contribution in [0.1, 0.15) is 15.9 Å². The first-order chi connectivity index (χ1) is 13.7. The smallest absolute Gasteiger partial charge is 0.186 e. The van der Waals surface area contributed by atoms with Crippen LogP contribution >= 0.6 is 0 Å². The van der Waals surface area contributed by atoms with Crippen LogP contribution in [0.25, 0.3) is 17.2 Å². The average Bonchev–Trinajstić information content (AvgIpc) is 2.77. The number of hydrogen-bond acceptors (Lipinski definition) is 4. The zero-order valence-electron chi connectivity index (χ0n) is 16.1. The first-order valence-corrected chi connectivity index (χ1v) is 8.84. The van der Waals surface area contributed by atoms with E-state index in [0.717, 1.165) is 22.4 Å². The van der Waals surface area contributed by atoms with Gasteiger partial charge in [-0.15, -0.1) is 0 Å². The molecule has 0 amide bonds. The Hall–Kier alpha value is -3.53. The molecule has 0 bridgehead atoms. The Labute approximate surface area is 165 Å². The molecule has 0 spiro atoms. The van der Waals surface area contributed by atoms with Gasteiger partial charge in [0.1, 0.15) is 5.75 Å². The topological polar surface area (TPSA) is 44.8 Å². The number of methoxy groups -OCH3 is 3. The van der Waals surface area contributed by atoms with Crippen molar-refractivity contribution >= 4 is 11.9 Å². The van der Waals surface area contributed by atoms with Crippen molar-refractivity contribution in [3.05, 3.63) is 83.9 Å². The highest BCUT2D eigenvalue weighted by molar-refractivity contribution is 6.11. The second kappa shape index (κ2) is 8.91. The second-order valence-corrected chi connectivity index (χ2v) is 6.09. The molecule has 0 aliphatic carbocycles. The normalized spacial score (nSPS) is 10.7. The molecule has 0 saturated carbocycles. The summed E-state index contributed by atoms with van der Waals surface area (Å²) < 4.78 is 15.8. The first kappa shape index (κ1) is 19.2. The fourth-order valence-electron chi connectivity index (χ4n) is 2.93. The fraction of sp³-hybridized carbons (Fsp3) is 0.125. The van der Waals surface area contributed by atoms with Gasteiger partial charge in [-0.2, -0.15) is 0 Å². The van der Waals surface area contributed by atoms with Crippen LogP contribution in [0.4, 0.5) is 0 Å². The van der Waals surface area contributed by atoms with Gasteiger partial charge in [0.15, 0.2) is 17.3 Å². The van der Waals surface area contributed by atoms with Gasteiger partial charge >= 0.3 is 0 Å². The lowest BCUT2D eigenvalue weighted by atomic mass is 9.96. The molecule has 0 aliphatic heterocycles. The number of hydrogen-bond donors (Lipinski definition) is 0. The number of benzene rings is 3. The van der Waals surface area contributed by atoms with Crippen molar-refractivity contribution in [2.45, 2.75) is 0 Å². The van der Waals surface area contributed by atoms with Crippen LogP contribution in [0.15, 0.2) is 72.8 Å². The molecule has 142 valence electrons. The van der Waals surface area contributed by atoms with Crippen LogP contribution < -0.4 is 14.2 Å². The zero-order valence-corrected chi connectivity index (χ0v) is 16.1. The van der Waals surface area contributed by atoms with Crippen molar-refractivity contribution in [1.82, 2.24) is 0 Å². The van der Waals surface area contributed by atoms with E-state index in [4.69, 9.17) is 14.2 Å². The molecule has 0 atom stereocenters. The molecule has 0 fully saturated rings. The van der Waals surface area contributed by atoms with E-state index in [1.165, 1.54) is 0 Å². The molecule has 0 aliphatic rings. The summed E-state index contributed by atoms with van der Waals surface area (Å²) >= 11 is 0. The van der Waals surface area contributed by atoms with E-state index in [9.17, 15) is 4.79 Å². The van der Waals surface area contributed by atoms with E-state index in [0.29, 0.717) is 17.1 Å². The van der Waals surface area contributed by atoms with Crippen LogP contribution in [0, 0.1) is 0 Å². The van der Waals surface area contributed by atoms with Crippen LogP contribution in [-0.4, -0.2) is 27.1 Å². The molecule has 4 nitrogen and oxygen atoms in total. The van der Waals surface area contributed by atoms with Crippen LogP contribution in [0.5, 0.6) is 17.2 Å². The Morgan fingerprint density at radius 3 is 2.18 bits per heavy atom. The molecular weight excluding hydrogens is 352 g/mol. The number of ketones is 1. The van der Waals surface area contributed by atoms with Crippen LogP contribution in [-0.2, 0) is 0 Å². The van der Waals surface area contributed by atoms with Crippen molar-refractivity contribution in [3.63, 3.8) is 0 Å². The van der Waals surface area contributed by atoms with Gasteiger partial charge in [0, 0.05) is 5.56 Å². The van der Waals surface area contributed by atoms with Gasteiger partial charge in [0.2, 0.25) is 0 Å². The summed E-state index contributed by atoms with van der Waals surface area (Å²) in [4.78, 5) is 12.8. The standard InChI is InChI=1S/C24H22O4/c1-26-19-12-8-17(9-13-19)10-14-22(25)21-7-5-4-6-20(21)18-11-15-23(27-2)24(16-18)28-3/h4-16H,1-3H3/b14-10+. The Balaban J connectivity index is 1.91. The predicted octanol–water partition coefficient (Wildman–Crippen LogP) is 5.28. The summed E-state index contributed by atoms with van der Waals surface area (Å²) in [7, 11) is 4.81. The molecule has 0 saturated heterocycles. The lowest BCUT2D eigenvalue weighted by molar-refractivity contribution is 0.104. The van der Waals surface area contributed by atoms with Crippen molar-refractivity contribution < 1.29 is 19.0 Å². The third-order valence-electron chi connectivity index (χ3n) is 4.43. The molecule has 0 unspecified atom stereocenters. The number of carbonyl (C=O) groups is 1. The molecule has 0 heterocycles. The lowest BCUT2D eigenvalue weighted by Gasteiger charge is -2.11. The SMILES string of the molecule is COc1ccc(/C=C/C(=O)c2ccccc2-c2ccc(OC)c(OC)c2)cc1. The van der Waals surface area contributed by atoms with Crippen molar-refractivity contribution in [2.24, 2.45) is 0 Å². The maximum absolute atomic E-state index is 12.8. The van der Waals surface area contributed by atoms with Gasteiger partial charge in [-0.05, 0) is 47.0 Å². The van der Waals surface area contributed by atoms with Gasteiger partial charge in [-0.25, -0.2) is 0 Å². The van der Waals surface area contributed by atoms with E-state index in [1.807, 2.05) is 66.7 Å². The maximum atomic E-state index is 12.8. The summed E-state index contributed by atoms with van der Waals surface area (Å²) in [5.74, 6) is 1.98. The van der Waals surface area contributed by atoms with E-state index in [-0.39, 0.29) is 5.78 Å². The first-order valence-electron chi connectivity index (χ1n) is 8.84. The number of ether oxygens (including phenoxy) is 3. The third kappa shape index (κ3) is 4.23. The average molecular weight is 374 g/mol. The van der Waals surface area contributed by atoms with Crippen molar-refractivity contribution in [1.29, 1.82) is 0 Å². The number of carbonyl (C=O) groups excluding carboxylic acids is 1. The van der Waals surface area contributed by atoms with E-state index >= 15 is 0 Å². The van der Waals surface area contributed by atoms with Gasteiger partial charge in [-0.3, -0.25) is 4.79 Å². The summed E-state index contributed by atoms with van der Waals surface area (Å²) in [6, 6.07) is 20.7. The molecule has 0 N–H and O–H groups in total. The molecule has 3 aromatic carbocycles. The molecule has 3 aromatic rings. The van der Waals surface area contributed by atoms with E-state index in [2.05, 4.69) is 0 Å². The minimum atomic E-state index is -0.0683. The van der Waals surface area contributed by atoms with E-state index in [1.54, 1.807) is 33.5 Å². The Kier molecular flexibility index (Phi) is 6.12. The zero-order chi connectivity index (χ0) is 19.9. The summed E-state index contributed by atoms with van der Waals surface area (Å²) in [5, 5.41) is 0. The summed E-state index contributed by atoms with van der Waals surface area (Å²) in [5.41, 5.74) is 3.28. The molecule has 0 aromatic heterocycles. The largest absolute Gasteiger partial charge is 0.497 e. The lowest BCUT2D eigenvalue weighted by Crippen LogP contribution is -1.98. The molecule has 28 heavy (non-hydrogen) atoms. The van der Waals surface area contributed by atoms with Crippen LogP contribution in [0.2, 0.25) is 0 Å². The third-order valence-corrected chi connectivity index (χ3v) is 4.43. The highest BCUT2D eigenvalue weighted by Gasteiger charge is 2.12. The molecule has 4 heteroatoms. The van der Waals surface area contributed by atoms with E-state index < -0.39 is 0 Å². The fourth-order valence-corrected chi connectivity index (χ4v) is 2.93. The number of allylic oxidation sites excluding steroid dienone is 1. The van der Waals surface area contributed by atoms with Gasteiger partial charge in [-0.1, -0.05) is 48.5 Å². The van der Waals surface area contributed by atoms with Crippen molar-refractivity contribution in [2.75, 3.05) is 21.3 Å². The minimum absolute atomic E-state index is 0.0683. The Bertz CT molecular complexity index is 988. The van der Waals surface area contributed by atoms with Crippen molar-refractivity contribution in [3.8, 4) is 28.4 Å². The van der Waals surface area contributed by atoms with Gasteiger partial charge in [0.25, 0.3) is 0 Å². The van der Waals surface area contributed by atoms with Crippen LogP contribution in [0.3, 0.4) is 0 Å². The minimum Gasteiger partial charge on any atom is -0.497 e.